The summed E-state index contributed by atoms with van der Waals surface area (Å²) < 4.78 is 13.6. The zero-order valence-electron chi connectivity index (χ0n) is 13.1. The maximum absolute atomic E-state index is 13.6. The first-order chi connectivity index (χ1) is 9.54. The van der Waals surface area contributed by atoms with E-state index in [1.165, 1.54) is 25.7 Å². The third kappa shape index (κ3) is 3.14. The normalized spacial score (nSPS) is 24.4. The minimum absolute atomic E-state index is 0.155. The van der Waals surface area contributed by atoms with Crippen LogP contribution in [0.4, 0.5) is 10.1 Å². The summed E-state index contributed by atoms with van der Waals surface area (Å²) in [4.78, 5) is 2.37. The number of benzene rings is 1. The Morgan fingerprint density at radius 1 is 1.30 bits per heavy atom. The fraction of sp³-hybridized carbons (Fsp3) is 0.647. The molecule has 0 heterocycles. The van der Waals surface area contributed by atoms with Crippen molar-refractivity contribution in [2.24, 2.45) is 5.92 Å². The Hall–Kier alpha value is -1.09. The predicted molar refractivity (Wildman–Crippen MR) is 83.7 cm³/mol. The second-order valence-electron chi connectivity index (χ2n) is 6.15. The van der Waals surface area contributed by atoms with Gasteiger partial charge in [0.25, 0.3) is 0 Å². The second-order valence-corrected chi connectivity index (χ2v) is 6.15. The van der Waals surface area contributed by atoms with Crippen LogP contribution < -0.4 is 10.2 Å². The first-order valence-electron chi connectivity index (χ1n) is 7.74. The van der Waals surface area contributed by atoms with E-state index < -0.39 is 0 Å². The van der Waals surface area contributed by atoms with Crippen molar-refractivity contribution < 1.29 is 4.39 Å². The van der Waals surface area contributed by atoms with E-state index in [4.69, 9.17) is 0 Å². The Morgan fingerprint density at radius 3 is 2.65 bits per heavy atom. The maximum Gasteiger partial charge on any atom is 0.123 e. The predicted octanol–water partition coefficient (Wildman–Crippen LogP) is 4.12. The molecule has 1 aliphatic carbocycles. The van der Waals surface area contributed by atoms with Gasteiger partial charge in [-0.25, -0.2) is 4.39 Å². The van der Waals surface area contributed by atoms with E-state index in [0.717, 1.165) is 11.3 Å². The van der Waals surface area contributed by atoms with Gasteiger partial charge < -0.3 is 10.2 Å². The minimum atomic E-state index is -0.157. The molecule has 1 saturated carbocycles. The Balaban J connectivity index is 2.30. The van der Waals surface area contributed by atoms with E-state index in [0.29, 0.717) is 12.0 Å². The molecule has 0 bridgehead atoms. The number of rotatable bonds is 4. The summed E-state index contributed by atoms with van der Waals surface area (Å²) in [7, 11) is 4.08. The van der Waals surface area contributed by atoms with Gasteiger partial charge in [-0.3, -0.25) is 0 Å². The molecule has 112 valence electrons. The maximum atomic E-state index is 13.6. The van der Waals surface area contributed by atoms with Gasteiger partial charge in [0.2, 0.25) is 0 Å². The van der Waals surface area contributed by atoms with Crippen LogP contribution in [0, 0.1) is 11.7 Å². The summed E-state index contributed by atoms with van der Waals surface area (Å²) >= 11 is 0. The molecule has 0 spiro atoms. The van der Waals surface area contributed by atoms with Crippen LogP contribution in [0.15, 0.2) is 18.2 Å². The summed E-state index contributed by atoms with van der Waals surface area (Å²) in [5.74, 6) is 0.549. The molecule has 0 saturated heterocycles. The molecule has 3 unspecified atom stereocenters. The van der Waals surface area contributed by atoms with Gasteiger partial charge in [-0.05, 0) is 56.5 Å². The first kappa shape index (κ1) is 15.3. The van der Waals surface area contributed by atoms with Gasteiger partial charge in [0.05, 0.1) is 0 Å². The Labute approximate surface area is 122 Å². The molecular formula is C17H27FN2. The number of anilines is 1. The Kier molecular flexibility index (Phi) is 5.03. The lowest BCUT2D eigenvalue weighted by atomic mass is 9.84. The zero-order valence-corrected chi connectivity index (χ0v) is 13.1. The standard InChI is InChI=1S/C17H27FN2/c1-12-7-5-6-8-16(12)20(4)17-10-9-14(18)11-15(17)13(2)19-3/h9-13,16,19H,5-8H2,1-4H3. The van der Waals surface area contributed by atoms with Crippen LogP contribution in [-0.4, -0.2) is 20.1 Å². The van der Waals surface area contributed by atoms with Crippen LogP contribution in [0.25, 0.3) is 0 Å². The van der Waals surface area contributed by atoms with Crippen molar-refractivity contribution >= 4 is 5.69 Å². The highest BCUT2D eigenvalue weighted by Gasteiger charge is 2.27. The molecule has 0 radical (unpaired) electrons. The monoisotopic (exact) mass is 278 g/mol. The van der Waals surface area contributed by atoms with Gasteiger partial charge in [0, 0.05) is 24.8 Å². The molecule has 0 aromatic heterocycles. The van der Waals surface area contributed by atoms with E-state index in [9.17, 15) is 4.39 Å². The third-order valence-corrected chi connectivity index (χ3v) is 4.83. The Morgan fingerprint density at radius 2 is 2.00 bits per heavy atom. The first-order valence-corrected chi connectivity index (χ1v) is 7.74. The molecule has 2 rings (SSSR count). The van der Waals surface area contributed by atoms with Crippen LogP contribution in [-0.2, 0) is 0 Å². The number of hydrogen-bond donors (Lipinski definition) is 1. The zero-order chi connectivity index (χ0) is 14.7. The van der Waals surface area contributed by atoms with Crippen LogP contribution in [0.2, 0.25) is 0 Å². The SMILES string of the molecule is CNC(C)c1cc(F)ccc1N(C)C1CCCCC1C. The fourth-order valence-corrected chi connectivity index (χ4v) is 3.40. The second kappa shape index (κ2) is 6.57. The molecule has 0 amide bonds. The highest BCUT2D eigenvalue weighted by Crippen LogP contribution is 2.34. The quantitative estimate of drug-likeness (QED) is 0.891. The van der Waals surface area contributed by atoms with E-state index >= 15 is 0 Å². The van der Waals surface area contributed by atoms with Crippen LogP contribution in [0.3, 0.4) is 0 Å². The van der Waals surface area contributed by atoms with E-state index in [-0.39, 0.29) is 11.9 Å². The molecule has 1 N–H and O–H groups in total. The van der Waals surface area contributed by atoms with Gasteiger partial charge >= 0.3 is 0 Å². The smallest absolute Gasteiger partial charge is 0.123 e. The number of nitrogens with one attached hydrogen (secondary N) is 1. The molecule has 2 nitrogen and oxygen atoms in total. The number of halogens is 1. The van der Waals surface area contributed by atoms with E-state index in [1.807, 2.05) is 13.1 Å². The summed E-state index contributed by atoms with van der Waals surface area (Å²) in [5, 5.41) is 3.22. The highest BCUT2D eigenvalue weighted by molar-refractivity contribution is 5.55. The summed E-state index contributed by atoms with van der Waals surface area (Å²) in [6.07, 6.45) is 5.18. The summed E-state index contributed by atoms with van der Waals surface area (Å²) in [6, 6.07) is 5.89. The topological polar surface area (TPSA) is 15.3 Å². The van der Waals surface area contributed by atoms with Crippen molar-refractivity contribution in [1.29, 1.82) is 0 Å². The van der Waals surface area contributed by atoms with Crippen molar-refractivity contribution in [2.75, 3.05) is 19.0 Å². The van der Waals surface area contributed by atoms with Gasteiger partial charge in [0.1, 0.15) is 5.82 Å². The van der Waals surface area contributed by atoms with Crippen molar-refractivity contribution in [2.45, 2.75) is 51.6 Å². The third-order valence-electron chi connectivity index (χ3n) is 4.83. The van der Waals surface area contributed by atoms with Gasteiger partial charge in [-0.15, -0.1) is 0 Å². The molecule has 3 heteroatoms. The highest BCUT2D eigenvalue weighted by atomic mass is 19.1. The molecule has 1 aromatic carbocycles. The Bertz CT molecular complexity index is 447. The molecular weight excluding hydrogens is 251 g/mol. The van der Waals surface area contributed by atoms with Crippen LogP contribution >= 0.6 is 0 Å². The van der Waals surface area contributed by atoms with Crippen molar-refractivity contribution in [3.63, 3.8) is 0 Å². The van der Waals surface area contributed by atoms with Gasteiger partial charge in [-0.1, -0.05) is 19.8 Å². The lowest BCUT2D eigenvalue weighted by Gasteiger charge is -2.39. The average Bonchev–Trinajstić information content (AvgIpc) is 2.46. The largest absolute Gasteiger partial charge is 0.371 e. The van der Waals surface area contributed by atoms with Gasteiger partial charge in [0.15, 0.2) is 0 Å². The molecule has 20 heavy (non-hydrogen) atoms. The van der Waals surface area contributed by atoms with Crippen molar-refractivity contribution in [1.82, 2.24) is 5.32 Å². The molecule has 3 atom stereocenters. The molecule has 1 fully saturated rings. The number of hydrogen-bond acceptors (Lipinski definition) is 2. The molecule has 1 aromatic rings. The van der Waals surface area contributed by atoms with Gasteiger partial charge in [-0.2, -0.15) is 0 Å². The van der Waals surface area contributed by atoms with Crippen molar-refractivity contribution in [3.8, 4) is 0 Å². The number of nitrogens with zero attached hydrogens (tertiary/aromatic N) is 1. The summed E-state index contributed by atoms with van der Waals surface area (Å²) in [6.45, 7) is 4.42. The molecule has 1 aliphatic rings. The lowest BCUT2D eigenvalue weighted by Crippen LogP contribution is -2.39. The minimum Gasteiger partial charge on any atom is -0.371 e. The molecule has 0 aliphatic heterocycles. The van der Waals surface area contributed by atoms with E-state index in [2.05, 4.69) is 31.1 Å². The van der Waals surface area contributed by atoms with Crippen molar-refractivity contribution in [3.05, 3.63) is 29.6 Å². The van der Waals surface area contributed by atoms with Crippen LogP contribution in [0.5, 0.6) is 0 Å². The average molecular weight is 278 g/mol. The fourth-order valence-electron chi connectivity index (χ4n) is 3.40. The summed E-state index contributed by atoms with van der Waals surface area (Å²) in [5.41, 5.74) is 2.21. The van der Waals surface area contributed by atoms with Crippen LogP contribution in [0.1, 0.15) is 51.1 Å². The lowest BCUT2D eigenvalue weighted by molar-refractivity contribution is 0.321. The van der Waals surface area contributed by atoms with E-state index in [1.54, 1.807) is 12.1 Å².